The maximum absolute atomic E-state index is 12.5. The number of likely N-dealkylation sites (tertiary alicyclic amines) is 1. The van der Waals surface area contributed by atoms with Crippen molar-refractivity contribution in [3.8, 4) is 5.88 Å². The van der Waals surface area contributed by atoms with Crippen LogP contribution in [0.15, 0.2) is 30.7 Å². The van der Waals surface area contributed by atoms with E-state index in [0.717, 1.165) is 31.6 Å². The van der Waals surface area contributed by atoms with E-state index >= 15 is 0 Å². The van der Waals surface area contributed by atoms with Crippen LogP contribution in [0.5, 0.6) is 5.88 Å². The van der Waals surface area contributed by atoms with Crippen LogP contribution in [-0.4, -0.2) is 44.7 Å². The van der Waals surface area contributed by atoms with Gasteiger partial charge < -0.3 is 19.5 Å². The third kappa shape index (κ3) is 3.66. The van der Waals surface area contributed by atoms with Gasteiger partial charge in [-0.25, -0.2) is 14.8 Å². The first-order valence-electron chi connectivity index (χ1n) is 9.35. The number of nitrogens with zero attached hydrogens (tertiary/aromatic N) is 4. The summed E-state index contributed by atoms with van der Waals surface area (Å²) < 4.78 is 7.89. The van der Waals surface area contributed by atoms with E-state index in [1.54, 1.807) is 12.4 Å². The summed E-state index contributed by atoms with van der Waals surface area (Å²) in [6.07, 6.45) is 11.3. The maximum Gasteiger partial charge on any atom is 0.321 e. The lowest BCUT2D eigenvalue weighted by atomic mass is 10.1. The van der Waals surface area contributed by atoms with Gasteiger partial charge in [0.1, 0.15) is 11.9 Å². The molecule has 2 aromatic heterocycles. The lowest BCUT2D eigenvalue weighted by Crippen LogP contribution is -2.33. The monoisotopic (exact) mass is 355 g/mol. The van der Waals surface area contributed by atoms with Gasteiger partial charge in [0.15, 0.2) is 0 Å². The topological polar surface area (TPSA) is 72.3 Å². The molecule has 2 amide bonds. The van der Waals surface area contributed by atoms with Gasteiger partial charge in [-0.1, -0.05) is 0 Å². The summed E-state index contributed by atoms with van der Waals surface area (Å²) in [5.41, 5.74) is 0.689. The van der Waals surface area contributed by atoms with Gasteiger partial charge in [-0.05, 0) is 38.2 Å². The predicted molar refractivity (Wildman–Crippen MR) is 98.3 cm³/mol. The molecule has 2 aromatic rings. The molecule has 0 spiro atoms. The van der Waals surface area contributed by atoms with Crippen LogP contribution in [-0.2, 0) is 7.05 Å². The number of rotatable bonds is 4. The molecule has 7 heteroatoms. The van der Waals surface area contributed by atoms with E-state index in [0.29, 0.717) is 24.0 Å². The van der Waals surface area contributed by atoms with E-state index in [9.17, 15) is 4.79 Å². The van der Waals surface area contributed by atoms with Crippen molar-refractivity contribution < 1.29 is 9.53 Å². The Morgan fingerprint density at radius 2 is 2.08 bits per heavy atom. The number of amides is 2. The van der Waals surface area contributed by atoms with Gasteiger partial charge in [0, 0.05) is 44.5 Å². The minimum absolute atomic E-state index is 0.0898. The smallest absolute Gasteiger partial charge is 0.321 e. The van der Waals surface area contributed by atoms with E-state index in [-0.39, 0.29) is 12.1 Å². The van der Waals surface area contributed by atoms with E-state index < -0.39 is 0 Å². The molecule has 1 aliphatic heterocycles. The summed E-state index contributed by atoms with van der Waals surface area (Å²) in [6, 6.07) is 3.59. The zero-order valence-electron chi connectivity index (χ0n) is 15.1. The molecule has 0 radical (unpaired) electrons. The minimum atomic E-state index is -0.0898. The molecular weight excluding hydrogens is 330 g/mol. The highest BCUT2D eigenvalue weighted by Gasteiger charge is 2.29. The Bertz CT molecular complexity index is 752. The Kier molecular flexibility index (Phi) is 4.77. The van der Waals surface area contributed by atoms with Crippen molar-refractivity contribution in [2.45, 2.75) is 44.1 Å². The summed E-state index contributed by atoms with van der Waals surface area (Å²) >= 11 is 0. The molecule has 0 bridgehead atoms. The van der Waals surface area contributed by atoms with E-state index in [1.165, 1.54) is 12.8 Å². The average molecular weight is 355 g/mol. The van der Waals surface area contributed by atoms with Crippen LogP contribution in [0.25, 0.3) is 0 Å². The van der Waals surface area contributed by atoms with Crippen molar-refractivity contribution in [2.24, 2.45) is 7.05 Å². The number of hydrogen-bond donors (Lipinski definition) is 1. The van der Waals surface area contributed by atoms with E-state index in [2.05, 4.69) is 15.3 Å². The second-order valence-corrected chi connectivity index (χ2v) is 7.17. The van der Waals surface area contributed by atoms with Crippen LogP contribution < -0.4 is 10.1 Å². The number of aryl methyl sites for hydroxylation is 1. The zero-order chi connectivity index (χ0) is 17.9. The van der Waals surface area contributed by atoms with Crippen LogP contribution in [0, 0.1) is 0 Å². The Balaban J connectivity index is 1.31. The quantitative estimate of drug-likeness (QED) is 0.914. The first-order chi connectivity index (χ1) is 12.7. The highest BCUT2D eigenvalue weighted by atomic mass is 16.5. The summed E-state index contributed by atoms with van der Waals surface area (Å²) in [5.74, 6) is 1.96. The van der Waals surface area contributed by atoms with Crippen molar-refractivity contribution in [1.82, 2.24) is 19.4 Å². The second-order valence-electron chi connectivity index (χ2n) is 7.17. The average Bonchev–Trinajstić information content (AvgIpc) is 3.38. The maximum atomic E-state index is 12.5. The Morgan fingerprint density at radius 3 is 2.77 bits per heavy atom. The Hall–Kier alpha value is -2.57. The molecule has 4 rings (SSSR count). The Morgan fingerprint density at radius 1 is 1.23 bits per heavy atom. The van der Waals surface area contributed by atoms with Crippen molar-refractivity contribution in [3.05, 3.63) is 36.5 Å². The molecule has 1 N–H and O–H groups in total. The fraction of sp³-hybridized carbons (Fsp3) is 0.526. The molecule has 2 aliphatic rings. The summed E-state index contributed by atoms with van der Waals surface area (Å²) in [5, 5.41) is 2.93. The highest BCUT2D eigenvalue weighted by molar-refractivity contribution is 5.89. The number of carbonyl (C=O) groups is 1. The molecule has 1 unspecified atom stereocenters. The van der Waals surface area contributed by atoms with Crippen LogP contribution in [0.4, 0.5) is 10.5 Å². The molecule has 2 fully saturated rings. The van der Waals surface area contributed by atoms with Crippen molar-refractivity contribution in [1.29, 1.82) is 0 Å². The van der Waals surface area contributed by atoms with Crippen LogP contribution in [0.2, 0.25) is 0 Å². The number of carbonyl (C=O) groups excluding carboxylic acids is 1. The summed E-state index contributed by atoms with van der Waals surface area (Å²) in [6.45, 7) is 1.42. The molecule has 1 saturated heterocycles. The lowest BCUT2D eigenvalue weighted by Gasteiger charge is -2.17. The van der Waals surface area contributed by atoms with Crippen LogP contribution in [0.3, 0.4) is 0 Å². The van der Waals surface area contributed by atoms with Gasteiger partial charge >= 0.3 is 6.03 Å². The lowest BCUT2D eigenvalue weighted by molar-refractivity contribution is 0.201. The number of nitrogens with one attached hydrogen (secondary N) is 1. The molecular formula is C19H25N5O2. The van der Waals surface area contributed by atoms with Gasteiger partial charge in [-0.3, -0.25) is 0 Å². The number of pyridine rings is 1. The SMILES string of the molecule is Cn1ccnc1C1CCN(C(=O)Nc2ccc(OC3CCCC3)nc2)C1. The van der Waals surface area contributed by atoms with Crippen molar-refractivity contribution >= 4 is 11.7 Å². The number of hydrogen-bond acceptors (Lipinski definition) is 4. The Labute approximate surface area is 153 Å². The third-order valence-electron chi connectivity index (χ3n) is 5.28. The van der Waals surface area contributed by atoms with Crippen molar-refractivity contribution in [3.63, 3.8) is 0 Å². The van der Waals surface area contributed by atoms with E-state index in [1.807, 2.05) is 34.8 Å². The minimum Gasteiger partial charge on any atom is -0.474 e. The van der Waals surface area contributed by atoms with Crippen LogP contribution in [0.1, 0.15) is 43.8 Å². The fourth-order valence-electron chi connectivity index (χ4n) is 3.83. The standard InChI is InChI=1S/C19H25N5O2/c1-23-11-9-20-18(23)14-8-10-24(13-14)19(25)22-15-6-7-17(21-12-15)26-16-4-2-3-5-16/h6-7,9,11-12,14,16H,2-5,8,10,13H2,1H3,(H,22,25). The molecule has 138 valence electrons. The first kappa shape index (κ1) is 16.9. The van der Waals surface area contributed by atoms with Crippen LogP contribution >= 0.6 is 0 Å². The number of ether oxygens (including phenoxy) is 1. The van der Waals surface area contributed by atoms with Gasteiger partial charge in [0.05, 0.1) is 11.9 Å². The zero-order valence-corrected chi connectivity index (χ0v) is 15.1. The molecule has 0 aromatic carbocycles. The molecule has 26 heavy (non-hydrogen) atoms. The first-order valence-corrected chi connectivity index (χ1v) is 9.35. The van der Waals surface area contributed by atoms with E-state index in [4.69, 9.17) is 4.74 Å². The molecule has 3 heterocycles. The largest absolute Gasteiger partial charge is 0.474 e. The fourth-order valence-corrected chi connectivity index (χ4v) is 3.83. The third-order valence-corrected chi connectivity index (χ3v) is 5.28. The summed E-state index contributed by atoms with van der Waals surface area (Å²) in [7, 11) is 1.99. The van der Waals surface area contributed by atoms with Gasteiger partial charge in [-0.2, -0.15) is 0 Å². The normalized spacial score (nSPS) is 20.5. The number of urea groups is 1. The second kappa shape index (κ2) is 7.35. The molecule has 7 nitrogen and oxygen atoms in total. The highest BCUT2D eigenvalue weighted by Crippen LogP contribution is 2.26. The summed E-state index contributed by atoms with van der Waals surface area (Å²) in [4.78, 5) is 23.1. The van der Waals surface area contributed by atoms with Gasteiger partial charge in [-0.15, -0.1) is 0 Å². The predicted octanol–water partition coefficient (Wildman–Crippen LogP) is 3.16. The molecule has 1 atom stereocenters. The number of imidazole rings is 1. The number of aromatic nitrogens is 3. The molecule has 1 saturated carbocycles. The number of anilines is 1. The molecule has 1 aliphatic carbocycles. The van der Waals surface area contributed by atoms with Crippen molar-refractivity contribution in [2.75, 3.05) is 18.4 Å². The van der Waals surface area contributed by atoms with Gasteiger partial charge in [0.2, 0.25) is 5.88 Å². The van der Waals surface area contributed by atoms with Gasteiger partial charge in [0.25, 0.3) is 0 Å².